The second-order valence-corrected chi connectivity index (χ2v) is 7.81. The highest BCUT2D eigenvalue weighted by atomic mass is 16.2. The van der Waals surface area contributed by atoms with Gasteiger partial charge in [-0.15, -0.1) is 0 Å². The Morgan fingerprint density at radius 2 is 1.65 bits per heavy atom. The highest BCUT2D eigenvalue weighted by Gasteiger charge is 2.38. The zero-order valence-electron chi connectivity index (χ0n) is 15.6. The van der Waals surface area contributed by atoms with Crippen LogP contribution in [0.1, 0.15) is 44.7 Å². The van der Waals surface area contributed by atoms with Crippen molar-refractivity contribution in [3.8, 4) is 0 Å². The summed E-state index contributed by atoms with van der Waals surface area (Å²) in [6.07, 6.45) is 4.84. The summed E-state index contributed by atoms with van der Waals surface area (Å²) < 4.78 is 0. The first-order valence-electron chi connectivity index (χ1n) is 9.05. The van der Waals surface area contributed by atoms with Crippen molar-refractivity contribution >= 4 is 23.6 Å². The minimum atomic E-state index is -0.273. The van der Waals surface area contributed by atoms with Crippen LogP contribution in [0.5, 0.6) is 0 Å². The molecule has 134 valence electrons. The highest BCUT2D eigenvalue weighted by molar-refractivity contribution is 6.20. The number of allylic oxidation sites excluding steroid dienone is 1. The lowest BCUT2D eigenvalue weighted by Gasteiger charge is -2.21. The second-order valence-electron chi connectivity index (χ2n) is 7.81. The van der Waals surface area contributed by atoms with Gasteiger partial charge >= 0.3 is 0 Å². The number of nitrogens with zero attached hydrogens (tertiary/aromatic N) is 1. The summed E-state index contributed by atoms with van der Waals surface area (Å²) in [6, 6.07) is 17.7. The zero-order valence-corrected chi connectivity index (χ0v) is 15.6. The van der Waals surface area contributed by atoms with Gasteiger partial charge in [0.1, 0.15) is 0 Å². The number of hydrogen-bond donors (Lipinski definition) is 0. The number of hydrogen-bond acceptors (Lipinski definition) is 2. The molecule has 26 heavy (non-hydrogen) atoms. The van der Waals surface area contributed by atoms with E-state index in [1.165, 1.54) is 10.5 Å². The van der Waals surface area contributed by atoms with Gasteiger partial charge in [0.2, 0.25) is 11.8 Å². The Balaban J connectivity index is 1.70. The van der Waals surface area contributed by atoms with E-state index in [0.29, 0.717) is 12.1 Å². The van der Waals surface area contributed by atoms with Crippen LogP contribution in [-0.2, 0) is 15.0 Å². The Bertz CT molecular complexity index is 814. The maximum Gasteiger partial charge on any atom is 0.237 e. The molecule has 1 saturated heterocycles. The van der Waals surface area contributed by atoms with E-state index in [9.17, 15) is 9.59 Å². The average molecular weight is 347 g/mol. The van der Waals surface area contributed by atoms with Crippen LogP contribution in [0.25, 0.3) is 6.08 Å². The third kappa shape index (κ3) is 3.93. The minimum Gasteiger partial charge on any atom is -0.274 e. The molecule has 2 aromatic rings. The molecule has 0 aliphatic carbocycles. The Labute approximate surface area is 155 Å². The van der Waals surface area contributed by atoms with Crippen molar-refractivity contribution in [1.29, 1.82) is 0 Å². The molecule has 0 radical (unpaired) electrons. The summed E-state index contributed by atoms with van der Waals surface area (Å²) in [5.41, 5.74) is 2.99. The second kappa shape index (κ2) is 7.28. The number of amides is 2. The molecule has 0 unspecified atom stereocenters. The predicted molar refractivity (Wildman–Crippen MR) is 106 cm³/mol. The van der Waals surface area contributed by atoms with Crippen LogP contribution in [-0.4, -0.2) is 11.8 Å². The van der Waals surface area contributed by atoms with Gasteiger partial charge in [0.15, 0.2) is 0 Å². The van der Waals surface area contributed by atoms with Crippen LogP contribution in [0.15, 0.2) is 60.7 Å². The third-order valence-electron chi connectivity index (χ3n) is 4.76. The van der Waals surface area contributed by atoms with E-state index in [1.54, 1.807) is 0 Å². The van der Waals surface area contributed by atoms with E-state index >= 15 is 0 Å². The summed E-state index contributed by atoms with van der Waals surface area (Å²) in [5.74, 6) is -0.488. The van der Waals surface area contributed by atoms with Crippen LogP contribution in [0, 0.1) is 5.92 Å². The molecule has 0 bridgehead atoms. The van der Waals surface area contributed by atoms with Gasteiger partial charge in [-0.05, 0) is 35.1 Å². The van der Waals surface area contributed by atoms with Crippen molar-refractivity contribution in [2.75, 3.05) is 4.90 Å². The molecule has 2 amide bonds. The fourth-order valence-corrected chi connectivity index (χ4v) is 3.19. The van der Waals surface area contributed by atoms with Crippen molar-refractivity contribution < 1.29 is 9.59 Å². The minimum absolute atomic E-state index is 0.0440. The Hall–Kier alpha value is -2.68. The quantitative estimate of drug-likeness (QED) is 0.733. The van der Waals surface area contributed by atoms with E-state index in [-0.39, 0.29) is 29.6 Å². The topological polar surface area (TPSA) is 37.4 Å². The average Bonchev–Trinajstić information content (AvgIpc) is 2.89. The molecule has 3 rings (SSSR count). The first-order valence-corrected chi connectivity index (χ1v) is 9.05. The van der Waals surface area contributed by atoms with Crippen molar-refractivity contribution in [1.82, 2.24) is 0 Å². The van der Waals surface area contributed by atoms with E-state index in [2.05, 4.69) is 20.8 Å². The zero-order chi connectivity index (χ0) is 18.7. The largest absolute Gasteiger partial charge is 0.274 e. The number of rotatable bonds is 4. The molecule has 3 heteroatoms. The molecule has 0 N–H and O–H groups in total. The number of benzene rings is 2. The van der Waals surface area contributed by atoms with E-state index in [0.717, 1.165) is 5.56 Å². The van der Waals surface area contributed by atoms with Gasteiger partial charge in [0, 0.05) is 6.42 Å². The summed E-state index contributed by atoms with van der Waals surface area (Å²) >= 11 is 0. The molecule has 1 fully saturated rings. The monoisotopic (exact) mass is 347 g/mol. The Morgan fingerprint density at radius 1 is 1.00 bits per heavy atom. The Kier molecular flexibility index (Phi) is 5.08. The number of carbonyl (C=O) groups is 2. The van der Waals surface area contributed by atoms with Gasteiger partial charge in [-0.2, -0.15) is 0 Å². The lowest BCUT2D eigenvalue weighted by molar-refractivity contribution is -0.122. The number of imide groups is 1. The van der Waals surface area contributed by atoms with Crippen LogP contribution < -0.4 is 4.90 Å². The first-order chi connectivity index (χ1) is 12.4. The first kappa shape index (κ1) is 18.1. The lowest BCUT2D eigenvalue weighted by atomic mass is 9.87. The van der Waals surface area contributed by atoms with Crippen LogP contribution in [0.2, 0.25) is 0 Å². The molecule has 1 atom stereocenters. The SMILES string of the molecule is CC(C)(C)c1ccc(N2C(=O)C[C@H](C/C=C/c3ccccc3)C2=O)cc1. The third-order valence-corrected chi connectivity index (χ3v) is 4.76. The molecule has 0 saturated carbocycles. The van der Waals surface area contributed by atoms with Crippen molar-refractivity contribution in [2.24, 2.45) is 5.92 Å². The highest BCUT2D eigenvalue weighted by Crippen LogP contribution is 2.31. The smallest absolute Gasteiger partial charge is 0.237 e. The van der Waals surface area contributed by atoms with Crippen molar-refractivity contribution in [3.63, 3.8) is 0 Å². The van der Waals surface area contributed by atoms with Crippen molar-refractivity contribution in [3.05, 3.63) is 71.8 Å². The Morgan fingerprint density at radius 3 is 2.27 bits per heavy atom. The molecule has 0 spiro atoms. The standard InChI is InChI=1S/C23H25NO2/c1-23(2,3)19-12-14-20(15-13-19)24-21(25)16-18(22(24)26)11-7-10-17-8-5-4-6-9-17/h4-10,12-15,18H,11,16H2,1-3H3/b10-7+/t18-/m0/s1. The molecule has 2 aromatic carbocycles. The van der Waals surface area contributed by atoms with Crippen LogP contribution in [0.4, 0.5) is 5.69 Å². The molecule has 1 aliphatic rings. The van der Waals surface area contributed by atoms with Gasteiger partial charge in [-0.3, -0.25) is 14.5 Å². The van der Waals surface area contributed by atoms with Gasteiger partial charge in [0.25, 0.3) is 0 Å². The van der Waals surface area contributed by atoms with Gasteiger partial charge in [-0.25, -0.2) is 0 Å². The lowest BCUT2D eigenvalue weighted by Crippen LogP contribution is -2.30. The molecule has 1 heterocycles. The van der Waals surface area contributed by atoms with E-state index < -0.39 is 0 Å². The van der Waals surface area contributed by atoms with Crippen molar-refractivity contribution in [2.45, 2.75) is 39.0 Å². The molecule has 3 nitrogen and oxygen atoms in total. The molecular formula is C23H25NO2. The predicted octanol–water partition coefficient (Wildman–Crippen LogP) is 4.97. The molecule has 0 aromatic heterocycles. The summed E-state index contributed by atoms with van der Waals surface area (Å²) in [6.45, 7) is 6.43. The molecule has 1 aliphatic heterocycles. The van der Waals surface area contributed by atoms with Crippen LogP contribution in [0.3, 0.4) is 0 Å². The fraction of sp³-hybridized carbons (Fsp3) is 0.304. The summed E-state index contributed by atoms with van der Waals surface area (Å²) in [5, 5.41) is 0. The summed E-state index contributed by atoms with van der Waals surface area (Å²) in [7, 11) is 0. The molecular weight excluding hydrogens is 322 g/mol. The fourth-order valence-electron chi connectivity index (χ4n) is 3.19. The maximum atomic E-state index is 12.7. The number of anilines is 1. The summed E-state index contributed by atoms with van der Waals surface area (Å²) in [4.78, 5) is 26.4. The van der Waals surface area contributed by atoms with E-state index in [1.807, 2.05) is 66.7 Å². The van der Waals surface area contributed by atoms with Gasteiger partial charge in [-0.1, -0.05) is 75.4 Å². The van der Waals surface area contributed by atoms with E-state index in [4.69, 9.17) is 0 Å². The normalized spacial score (nSPS) is 18.1. The maximum absolute atomic E-state index is 12.7. The van der Waals surface area contributed by atoms with Gasteiger partial charge in [0.05, 0.1) is 11.6 Å². The number of carbonyl (C=O) groups excluding carboxylic acids is 2. The van der Waals surface area contributed by atoms with Crippen LogP contribution >= 0.6 is 0 Å². The van der Waals surface area contributed by atoms with Gasteiger partial charge < -0.3 is 0 Å².